The molecule has 8 heteroatoms. The summed E-state index contributed by atoms with van der Waals surface area (Å²) in [6, 6.07) is 8.27. The van der Waals surface area contributed by atoms with Crippen LogP contribution in [0, 0.1) is 18.6 Å². The molecule has 0 fully saturated rings. The lowest BCUT2D eigenvalue weighted by atomic mass is 10.1. The van der Waals surface area contributed by atoms with Crippen molar-refractivity contribution in [2.45, 2.75) is 6.92 Å². The lowest BCUT2D eigenvalue weighted by molar-refractivity contribution is 0.102. The van der Waals surface area contributed by atoms with E-state index in [1.165, 1.54) is 17.4 Å². The van der Waals surface area contributed by atoms with E-state index in [1.54, 1.807) is 25.1 Å². The summed E-state index contributed by atoms with van der Waals surface area (Å²) in [5.74, 6) is -2.35. The van der Waals surface area contributed by atoms with Crippen LogP contribution in [0.2, 0.25) is 10.0 Å². The highest BCUT2D eigenvalue weighted by Crippen LogP contribution is 2.32. The van der Waals surface area contributed by atoms with Crippen molar-refractivity contribution in [1.29, 1.82) is 0 Å². The Morgan fingerprint density at radius 2 is 1.92 bits per heavy atom. The highest BCUT2D eigenvalue weighted by molar-refractivity contribution is 7.16. The van der Waals surface area contributed by atoms with E-state index in [0.29, 0.717) is 16.4 Å². The largest absolute Gasteiger partial charge is 0.298 e. The van der Waals surface area contributed by atoms with Gasteiger partial charge in [-0.25, -0.2) is 13.8 Å². The molecule has 0 bridgehead atoms. The molecule has 1 N–H and O–H groups in total. The topological polar surface area (TPSA) is 42.0 Å². The van der Waals surface area contributed by atoms with Gasteiger partial charge in [0.1, 0.15) is 0 Å². The Bertz CT molecular complexity index is 975. The first-order valence-corrected chi connectivity index (χ1v) is 8.62. The van der Waals surface area contributed by atoms with Gasteiger partial charge in [0.2, 0.25) is 0 Å². The van der Waals surface area contributed by atoms with Gasteiger partial charge in [0.05, 0.1) is 21.3 Å². The fourth-order valence-electron chi connectivity index (χ4n) is 2.20. The molecule has 0 aliphatic heterocycles. The van der Waals surface area contributed by atoms with Gasteiger partial charge >= 0.3 is 0 Å². The van der Waals surface area contributed by atoms with Gasteiger partial charge < -0.3 is 0 Å². The molecule has 1 amide bonds. The third kappa shape index (κ3) is 3.66. The zero-order valence-corrected chi connectivity index (χ0v) is 15.1. The standard InChI is InChI=1S/C17H10Cl2F2N2OS/c1-8-15(9-5-6-12(20)13(21)7-9)22-17(25-8)23-16(24)10-3-2-4-11(18)14(10)19/h2-7H,1H3,(H,22,23,24). The van der Waals surface area contributed by atoms with Crippen LogP contribution in [0.15, 0.2) is 36.4 Å². The first-order chi connectivity index (χ1) is 11.9. The molecule has 25 heavy (non-hydrogen) atoms. The second kappa shape index (κ2) is 7.07. The molecular weight excluding hydrogens is 389 g/mol. The summed E-state index contributed by atoms with van der Waals surface area (Å²) in [5.41, 5.74) is 1.11. The second-order valence-corrected chi connectivity index (χ2v) is 7.10. The number of aryl methyl sites for hydroxylation is 1. The lowest BCUT2D eigenvalue weighted by Crippen LogP contribution is -2.12. The van der Waals surface area contributed by atoms with Crippen molar-refractivity contribution in [2.24, 2.45) is 0 Å². The van der Waals surface area contributed by atoms with Gasteiger partial charge in [0, 0.05) is 10.4 Å². The van der Waals surface area contributed by atoms with E-state index in [4.69, 9.17) is 23.2 Å². The quantitative estimate of drug-likeness (QED) is 0.591. The fraction of sp³-hybridized carbons (Fsp3) is 0.0588. The fourth-order valence-corrected chi connectivity index (χ4v) is 3.42. The minimum absolute atomic E-state index is 0.149. The highest BCUT2D eigenvalue weighted by Gasteiger charge is 2.17. The van der Waals surface area contributed by atoms with E-state index in [9.17, 15) is 13.6 Å². The Balaban J connectivity index is 1.88. The van der Waals surface area contributed by atoms with Gasteiger partial charge in [-0.05, 0) is 37.3 Å². The molecule has 3 aromatic rings. The maximum absolute atomic E-state index is 13.4. The number of thiazole rings is 1. The van der Waals surface area contributed by atoms with E-state index in [0.717, 1.165) is 17.0 Å². The predicted octanol–water partition coefficient (Wildman–Crippen LogP) is 5.96. The summed E-state index contributed by atoms with van der Waals surface area (Å²) in [7, 11) is 0. The Hall–Kier alpha value is -2.02. The molecule has 0 radical (unpaired) electrons. The number of carbonyl (C=O) groups excluding carboxylic acids is 1. The first-order valence-electron chi connectivity index (χ1n) is 7.05. The average Bonchev–Trinajstić information content (AvgIpc) is 2.93. The van der Waals surface area contributed by atoms with Crippen LogP contribution < -0.4 is 5.32 Å². The van der Waals surface area contributed by atoms with E-state index in [1.807, 2.05) is 0 Å². The molecule has 128 valence electrons. The number of rotatable bonds is 3. The van der Waals surface area contributed by atoms with E-state index < -0.39 is 17.5 Å². The van der Waals surface area contributed by atoms with Crippen molar-refractivity contribution in [3.05, 3.63) is 68.5 Å². The average molecular weight is 399 g/mol. The number of amides is 1. The molecule has 0 aliphatic carbocycles. The number of hydrogen-bond acceptors (Lipinski definition) is 3. The van der Waals surface area contributed by atoms with Gasteiger partial charge in [-0.2, -0.15) is 0 Å². The van der Waals surface area contributed by atoms with Crippen LogP contribution in [-0.2, 0) is 0 Å². The molecular formula is C17H10Cl2F2N2OS. The molecule has 0 aliphatic rings. The van der Waals surface area contributed by atoms with Gasteiger partial charge in [-0.15, -0.1) is 11.3 Å². The zero-order chi connectivity index (χ0) is 18.1. The monoisotopic (exact) mass is 398 g/mol. The van der Waals surface area contributed by atoms with Crippen molar-refractivity contribution in [3.8, 4) is 11.3 Å². The smallest absolute Gasteiger partial charge is 0.259 e. The number of halogens is 4. The zero-order valence-electron chi connectivity index (χ0n) is 12.7. The maximum Gasteiger partial charge on any atom is 0.259 e. The van der Waals surface area contributed by atoms with Crippen LogP contribution in [0.1, 0.15) is 15.2 Å². The summed E-state index contributed by atoms with van der Waals surface area (Å²) in [6.07, 6.45) is 0. The van der Waals surface area contributed by atoms with Crippen molar-refractivity contribution in [3.63, 3.8) is 0 Å². The lowest BCUT2D eigenvalue weighted by Gasteiger charge is -2.05. The van der Waals surface area contributed by atoms with E-state index >= 15 is 0 Å². The Labute approximate surface area is 156 Å². The Kier molecular flexibility index (Phi) is 5.03. The minimum Gasteiger partial charge on any atom is -0.298 e. The van der Waals surface area contributed by atoms with Crippen molar-refractivity contribution in [2.75, 3.05) is 5.32 Å². The minimum atomic E-state index is -0.957. The SMILES string of the molecule is Cc1sc(NC(=O)c2cccc(Cl)c2Cl)nc1-c1ccc(F)c(F)c1. The molecule has 3 nitrogen and oxygen atoms in total. The summed E-state index contributed by atoms with van der Waals surface area (Å²) in [6.45, 7) is 1.77. The number of benzene rings is 2. The van der Waals surface area contributed by atoms with Crippen LogP contribution in [0.25, 0.3) is 11.3 Å². The van der Waals surface area contributed by atoms with Gasteiger partial charge in [-0.1, -0.05) is 29.3 Å². The van der Waals surface area contributed by atoms with Crippen LogP contribution in [0.5, 0.6) is 0 Å². The third-order valence-corrected chi connectivity index (χ3v) is 5.11. The number of nitrogens with zero attached hydrogens (tertiary/aromatic N) is 1. The van der Waals surface area contributed by atoms with Gasteiger partial charge in [-0.3, -0.25) is 10.1 Å². The normalized spacial score (nSPS) is 10.8. The number of aromatic nitrogens is 1. The first kappa shape index (κ1) is 17.8. The van der Waals surface area contributed by atoms with Crippen molar-refractivity contribution in [1.82, 2.24) is 4.98 Å². The van der Waals surface area contributed by atoms with Crippen molar-refractivity contribution < 1.29 is 13.6 Å². The van der Waals surface area contributed by atoms with Crippen LogP contribution in [-0.4, -0.2) is 10.9 Å². The third-order valence-electron chi connectivity index (χ3n) is 3.41. The highest BCUT2D eigenvalue weighted by atomic mass is 35.5. The number of nitrogens with one attached hydrogen (secondary N) is 1. The van der Waals surface area contributed by atoms with E-state index in [-0.39, 0.29) is 15.6 Å². The van der Waals surface area contributed by atoms with Crippen molar-refractivity contribution >= 4 is 45.6 Å². The second-order valence-electron chi connectivity index (χ2n) is 5.11. The molecule has 0 saturated carbocycles. The maximum atomic E-state index is 13.4. The summed E-state index contributed by atoms with van der Waals surface area (Å²) in [4.78, 5) is 17.4. The van der Waals surface area contributed by atoms with E-state index in [2.05, 4.69) is 10.3 Å². The summed E-state index contributed by atoms with van der Waals surface area (Å²) >= 11 is 13.2. The molecule has 0 spiro atoms. The number of hydrogen-bond donors (Lipinski definition) is 1. The molecule has 0 unspecified atom stereocenters. The molecule has 1 heterocycles. The molecule has 0 saturated heterocycles. The predicted molar refractivity (Wildman–Crippen MR) is 96.6 cm³/mol. The molecule has 0 atom stereocenters. The summed E-state index contributed by atoms with van der Waals surface area (Å²) in [5, 5.41) is 3.38. The molecule has 3 rings (SSSR count). The summed E-state index contributed by atoms with van der Waals surface area (Å²) < 4.78 is 26.5. The number of anilines is 1. The molecule has 1 aromatic heterocycles. The number of carbonyl (C=O) groups is 1. The van der Waals surface area contributed by atoms with Gasteiger partial charge in [0.25, 0.3) is 5.91 Å². The van der Waals surface area contributed by atoms with Crippen LogP contribution in [0.4, 0.5) is 13.9 Å². The van der Waals surface area contributed by atoms with Gasteiger partial charge in [0.15, 0.2) is 16.8 Å². The molecule has 2 aromatic carbocycles. The Morgan fingerprint density at radius 1 is 1.16 bits per heavy atom. The Morgan fingerprint density at radius 3 is 2.64 bits per heavy atom. The van der Waals surface area contributed by atoms with Crippen LogP contribution >= 0.6 is 34.5 Å². The van der Waals surface area contributed by atoms with Crippen LogP contribution in [0.3, 0.4) is 0 Å².